The highest BCUT2D eigenvalue weighted by Gasteiger charge is 2.38. The van der Waals surface area contributed by atoms with Crippen LogP contribution in [0.25, 0.3) is 10.4 Å². The van der Waals surface area contributed by atoms with Gasteiger partial charge in [0.15, 0.2) is 0 Å². The molecule has 3 nitrogen and oxygen atoms in total. The molecular weight excluding hydrogens is 268 g/mol. The number of carbonyl (C=O) groups excluding carboxylic acids is 1. The van der Waals surface area contributed by atoms with Gasteiger partial charge in [-0.1, -0.05) is 48.3 Å². The zero-order valence-corrected chi connectivity index (χ0v) is 12.9. The lowest BCUT2D eigenvalue weighted by atomic mass is 10.1. The van der Waals surface area contributed by atoms with Crippen molar-refractivity contribution in [2.75, 3.05) is 0 Å². The zero-order valence-electron chi connectivity index (χ0n) is 12.1. The van der Waals surface area contributed by atoms with Crippen molar-refractivity contribution in [3.63, 3.8) is 0 Å². The van der Waals surface area contributed by atoms with E-state index in [1.807, 2.05) is 6.07 Å². The maximum atomic E-state index is 12.3. The third-order valence-electron chi connectivity index (χ3n) is 4.16. The molecule has 0 radical (unpaired) electrons. The van der Waals surface area contributed by atoms with Gasteiger partial charge in [0, 0.05) is 6.04 Å². The highest BCUT2D eigenvalue weighted by molar-refractivity contribution is 7.11. The first kappa shape index (κ1) is 13.4. The van der Waals surface area contributed by atoms with E-state index >= 15 is 0 Å². The van der Waals surface area contributed by atoms with Crippen LogP contribution in [0.1, 0.15) is 36.3 Å². The summed E-state index contributed by atoms with van der Waals surface area (Å²) in [4.78, 5) is 13.3. The van der Waals surface area contributed by atoms with Crippen molar-refractivity contribution in [3.8, 4) is 10.4 Å². The molecule has 1 aromatic heterocycles. The second-order valence-corrected chi connectivity index (χ2v) is 6.73. The first-order valence-electron chi connectivity index (χ1n) is 7.11. The average Bonchev–Trinajstić information content (AvgIpc) is 3.05. The Kier molecular flexibility index (Phi) is 3.42. The fourth-order valence-corrected chi connectivity index (χ4v) is 3.46. The Bertz CT molecular complexity index is 628. The lowest BCUT2D eigenvalue weighted by molar-refractivity contribution is 0.0931. The predicted octanol–water partition coefficient (Wildman–Crippen LogP) is 3.83. The van der Waals surface area contributed by atoms with Gasteiger partial charge in [0.05, 0.1) is 4.88 Å². The van der Waals surface area contributed by atoms with Crippen LogP contribution in [-0.2, 0) is 0 Å². The predicted molar refractivity (Wildman–Crippen MR) is 83.0 cm³/mol. The van der Waals surface area contributed by atoms with E-state index < -0.39 is 0 Å². The van der Waals surface area contributed by atoms with Crippen LogP contribution in [-0.4, -0.2) is 16.3 Å². The van der Waals surface area contributed by atoms with E-state index in [9.17, 15) is 4.79 Å². The molecule has 0 saturated heterocycles. The number of hydrogen-bond acceptors (Lipinski definition) is 2. The Morgan fingerprint density at radius 1 is 1.50 bits per heavy atom. The number of aromatic nitrogens is 1. The summed E-state index contributed by atoms with van der Waals surface area (Å²) >= 11 is 1.52. The highest BCUT2D eigenvalue weighted by Crippen LogP contribution is 2.40. The van der Waals surface area contributed by atoms with Gasteiger partial charge in [-0.15, -0.1) is 0 Å². The number of aromatic amines is 1. The van der Waals surface area contributed by atoms with Gasteiger partial charge >= 0.3 is 0 Å². The van der Waals surface area contributed by atoms with E-state index in [4.69, 9.17) is 0 Å². The Balaban J connectivity index is 1.72. The molecule has 1 aliphatic rings. The SMILES string of the molecule is Cc1cccc(-c2s[nH]c2C(=O)N[C@H](C)[C@@H]2C[C@@H]2C)c1. The monoisotopic (exact) mass is 288 g/mol. The molecule has 0 unspecified atom stereocenters. The first-order chi connectivity index (χ1) is 9.56. The van der Waals surface area contributed by atoms with Crippen LogP contribution < -0.4 is 5.32 Å². The molecule has 0 bridgehead atoms. The molecule has 0 aliphatic heterocycles. The van der Waals surface area contributed by atoms with Crippen LogP contribution in [0.4, 0.5) is 0 Å². The summed E-state index contributed by atoms with van der Waals surface area (Å²) in [7, 11) is 0. The largest absolute Gasteiger partial charge is 0.348 e. The van der Waals surface area contributed by atoms with E-state index in [-0.39, 0.29) is 11.9 Å². The molecule has 2 aromatic rings. The number of rotatable bonds is 4. The molecule has 1 amide bonds. The van der Waals surface area contributed by atoms with Crippen LogP contribution >= 0.6 is 11.5 Å². The normalized spacial score (nSPS) is 22.6. The molecule has 2 N–H and O–H groups in total. The number of benzene rings is 1. The van der Waals surface area contributed by atoms with Gasteiger partial charge in [0.2, 0.25) is 0 Å². The van der Waals surface area contributed by atoms with Crippen molar-refractivity contribution >= 4 is 17.4 Å². The van der Waals surface area contributed by atoms with Crippen molar-refractivity contribution in [3.05, 3.63) is 35.5 Å². The molecule has 1 aromatic carbocycles. The minimum Gasteiger partial charge on any atom is -0.348 e. The topological polar surface area (TPSA) is 44.9 Å². The van der Waals surface area contributed by atoms with E-state index in [0.29, 0.717) is 11.6 Å². The molecule has 1 saturated carbocycles. The Hall–Kier alpha value is -1.55. The summed E-state index contributed by atoms with van der Waals surface area (Å²) in [6.07, 6.45) is 1.23. The Morgan fingerprint density at radius 2 is 2.25 bits per heavy atom. The van der Waals surface area contributed by atoms with Gasteiger partial charge in [-0.05, 0) is 37.7 Å². The second-order valence-electron chi connectivity index (χ2n) is 5.92. The van der Waals surface area contributed by atoms with E-state index in [1.165, 1.54) is 23.5 Å². The number of aryl methyl sites for hydroxylation is 1. The van der Waals surface area contributed by atoms with Gasteiger partial charge in [-0.2, -0.15) is 0 Å². The minimum absolute atomic E-state index is 0.0202. The minimum atomic E-state index is 0.0202. The summed E-state index contributed by atoms with van der Waals surface area (Å²) in [6, 6.07) is 8.52. The summed E-state index contributed by atoms with van der Waals surface area (Å²) in [6.45, 7) is 6.41. The Morgan fingerprint density at radius 3 is 2.80 bits per heavy atom. The standard InChI is InChI=1S/C16H20N2OS/c1-9-5-4-6-12(7-9)15-14(18-20-15)16(19)17-11(3)13-8-10(13)2/h4-7,10-11,13,18H,8H2,1-3H3,(H,17,19)/t10-,11+,13+/m0/s1. The number of carbonyl (C=O) groups is 1. The molecule has 1 heterocycles. The third kappa shape index (κ3) is 2.52. The summed E-state index contributed by atoms with van der Waals surface area (Å²) < 4.78 is 3.07. The summed E-state index contributed by atoms with van der Waals surface area (Å²) in [5.74, 6) is 1.42. The number of nitrogens with one attached hydrogen (secondary N) is 2. The Labute approximate surface area is 123 Å². The molecular formula is C16H20N2OS. The number of hydrogen-bond donors (Lipinski definition) is 2. The van der Waals surface area contributed by atoms with Crippen LogP contribution in [0.3, 0.4) is 0 Å². The van der Waals surface area contributed by atoms with Gasteiger partial charge < -0.3 is 9.69 Å². The fraction of sp³-hybridized carbons (Fsp3) is 0.438. The van der Waals surface area contributed by atoms with Crippen LogP contribution in [0.2, 0.25) is 0 Å². The molecule has 4 heteroatoms. The lowest BCUT2D eigenvalue weighted by Crippen LogP contribution is -2.35. The average molecular weight is 288 g/mol. The molecule has 3 atom stereocenters. The molecule has 1 aliphatic carbocycles. The molecule has 106 valence electrons. The summed E-state index contributed by atoms with van der Waals surface area (Å²) in [5.41, 5.74) is 3.04. The fourth-order valence-electron chi connectivity index (χ4n) is 2.73. The van der Waals surface area contributed by atoms with E-state index in [2.05, 4.69) is 48.7 Å². The van der Waals surface area contributed by atoms with Crippen molar-refractivity contribution in [1.82, 2.24) is 9.69 Å². The van der Waals surface area contributed by atoms with Crippen LogP contribution in [0.15, 0.2) is 24.3 Å². The first-order valence-corrected chi connectivity index (χ1v) is 7.93. The van der Waals surface area contributed by atoms with Gasteiger partial charge in [-0.25, -0.2) is 0 Å². The van der Waals surface area contributed by atoms with Crippen molar-refractivity contribution in [1.29, 1.82) is 0 Å². The smallest absolute Gasteiger partial charge is 0.270 e. The molecule has 3 rings (SSSR count). The molecule has 1 fully saturated rings. The quantitative estimate of drug-likeness (QED) is 0.882. The molecule has 20 heavy (non-hydrogen) atoms. The van der Waals surface area contributed by atoms with Crippen molar-refractivity contribution in [2.45, 2.75) is 33.2 Å². The van der Waals surface area contributed by atoms with E-state index in [1.54, 1.807) is 0 Å². The maximum Gasteiger partial charge on any atom is 0.270 e. The summed E-state index contributed by atoms with van der Waals surface area (Å²) in [5, 5.41) is 3.12. The third-order valence-corrected chi connectivity index (χ3v) is 5.11. The second kappa shape index (κ2) is 5.09. The van der Waals surface area contributed by atoms with Crippen LogP contribution in [0, 0.1) is 18.8 Å². The van der Waals surface area contributed by atoms with Gasteiger partial charge in [0.1, 0.15) is 5.69 Å². The van der Waals surface area contributed by atoms with Crippen molar-refractivity contribution < 1.29 is 4.79 Å². The van der Waals surface area contributed by atoms with Crippen LogP contribution in [0.5, 0.6) is 0 Å². The number of amides is 1. The van der Waals surface area contributed by atoms with Gasteiger partial charge in [-0.3, -0.25) is 4.79 Å². The van der Waals surface area contributed by atoms with E-state index in [0.717, 1.165) is 16.4 Å². The molecule has 0 spiro atoms. The lowest BCUT2D eigenvalue weighted by Gasteiger charge is -2.17. The maximum absolute atomic E-state index is 12.3. The van der Waals surface area contributed by atoms with Gasteiger partial charge in [0.25, 0.3) is 5.91 Å². The number of H-pyrrole nitrogens is 1. The highest BCUT2D eigenvalue weighted by atomic mass is 32.1. The zero-order chi connectivity index (χ0) is 14.3. The van der Waals surface area contributed by atoms with Crippen molar-refractivity contribution in [2.24, 2.45) is 11.8 Å².